The zero-order valence-corrected chi connectivity index (χ0v) is 12.7. The van der Waals surface area contributed by atoms with Crippen LogP contribution in [0.4, 0.5) is 0 Å². The first-order valence-electron chi connectivity index (χ1n) is 6.68. The average Bonchev–Trinajstić information content (AvgIpc) is 2.35. The minimum Gasteiger partial charge on any atom is -0.369 e. The third-order valence-corrected chi connectivity index (χ3v) is 3.92. The normalized spacial score (nSPS) is 22.3. The number of piperidine rings is 1. The first kappa shape index (κ1) is 16.4. The molecule has 0 bridgehead atoms. The number of carbonyl (C=O) groups excluding carboxylic acids is 1. The van der Waals surface area contributed by atoms with Crippen molar-refractivity contribution in [1.29, 1.82) is 0 Å². The van der Waals surface area contributed by atoms with E-state index in [9.17, 15) is 13.2 Å². The van der Waals surface area contributed by atoms with Gasteiger partial charge in [0.25, 0.3) is 5.91 Å². The lowest BCUT2D eigenvalue weighted by Crippen LogP contribution is -2.47. The first-order valence-corrected chi connectivity index (χ1v) is 8.57. The molecule has 1 aliphatic heterocycles. The van der Waals surface area contributed by atoms with E-state index in [1.165, 1.54) is 0 Å². The van der Waals surface area contributed by atoms with E-state index in [1.54, 1.807) is 11.8 Å². The lowest BCUT2D eigenvalue weighted by Gasteiger charge is -2.34. The molecule has 1 aliphatic rings. The van der Waals surface area contributed by atoms with Gasteiger partial charge in [0, 0.05) is 26.2 Å². The third kappa shape index (κ3) is 5.88. The van der Waals surface area contributed by atoms with Crippen LogP contribution >= 0.6 is 0 Å². The van der Waals surface area contributed by atoms with Crippen LogP contribution in [0.2, 0.25) is 0 Å². The third-order valence-electron chi connectivity index (χ3n) is 3.23. The Kier molecular flexibility index (Phi) is 6.22. The molecule has 1 N–H and O–H groups in total. The maximum Gasteiger partial charge on any atom is 0.251 e. The summed E-state index contributed by atoms with van der Waals surface area (Å²) < 4.78 is 30.0. The van der Waals surface area contributed by atoms with Crippen LogP contribution in [0.1, 0.15) is 26.7 Å². The molecule has 1 rings (SSSR count). The van der Waals surface area contributed by atoms with Gasteiger partial charge in [-0.2, -0.15) is 0 Å². The quantitative estimate of drug-likeness (QED) is 0.759. The van der Waals surface area contributed by atoms with Gasteiger partial charge in [-0.25, -0.2) is 13.1 Å². The second kappa shape index (κ2) is 7.21. The van der Waals surface area contributed by atoms with E-state index < -0.39 is 16.1 Å². The van der Waals surface area contributed by atoms with Crippen molar-refractivity contribution in [2.45, 2.75) is 32.8 Å². The lowest BCUT2D eigenvalue weighted by molar-refractivity contribution is -0.144. The minimum absolute atomic E-state index is 0.00842. The average molecular weight is 292 g/mol. The van der Waals surface area contributed by atoms with Crippen LogP contribution in [0.25, 0.3) is 0 Å². The molecule has 112 valence electrons. The summed E-state index contributed by atoms with van der Waals surface area (Å²) in [7, 11) is -3.16. The maximum atomic E-state index is 12.1. The van der Waals surface area contributed by atoms with Gasteiger partial charge in [0.05, 0.1) is 6.26 Å². The summed E-state index contributed by atoms with van der Waals surface area (Å²) in [6.07, 6.45) is 2.57. The molecular weight excluding hydrogens is 268 g/mol. The summed E-state index contributed by atoms with van der Waals surface area (Å²) in [5, 5.41) is 0. The Balaban J connectivity index is 2.47. The van der Waals surface area contributed by atoms with Crippen LogP contribution in [0.3, 0.4) is 0 Å². The fourth-order valence-corrected chi connectivity index (χ4v) is 2.82. The van der Waals surface area contributed by atoms with Crippen molar-refractivity contribution in [3.63, 3.8) is 0 Å². The Morgan fingerprint density at radius 1 is 1.53 bits per heavy atom. The molecule has 0 aromatic heterocycles. The molecule has 2 unspecified atom stereocenters. The van der Waals surface area contributed by atoms with Crippen molar-refractivity contribution in [2.75, 3.05) is 32.5 Å². The highest BCUT2D eigenvalue weighted by molar-refractivity contribution is 7.88. The molecule has 7 heteroatoms. The van der Waals surface area contributed by atoms with E-state index in [-0.39, 0.29) is 11.8 Å². The molecule has 1 heterocycles. The van der Waals surface area contributed by atoms with Gasteiger partial charge in [0.2, 0.25) is 10.0 Å². The number of ether oxygens (including phenoxy) is 1. The number of hydrogen-bond donors (Lipinski definition) is 1. The second-order valence-electron chi connectivity index (χ2n) is 5.01. The van der Waals surface area contributed by atoms with Crippen molar-refractivity contribution < 1.29 is 17.9 Å². The zero-order chi connectivity index (χ0) is 14.5. The van der Waals surface area contributed by atoms with E-state index in [1.807, 2.05) is 6.92 Å². The number of carbonyl (C=O) groups is 1. The van der Waals surface area contributed by atoms with Gasteiger partial charge >= 0.3 is 0 Å². The van der Waals surface area contributed by atoms with E-state index in [4.69, 9.17) is 4.74 Å². The van der Waals surface area contributed by atoms with E-state index in [2.05, 4.69) is 4.72 Å². The number of sulfonamides is 1. The second-order valence-corrected chi connectivity index (χ2v) is 6.84. The molecule has 0 aliphatic carbocycles. The molecule has 1 fully saturated rings. The molecular formula is C12H24N2O4S. The molecule has 0 radical (unpaired) electrons. The van der Waals surface area contributed by atoms with Gasteiger partial charge in [-0.15, -0.1) is 0 Å². The molecule has 1 saturated heterocycles. The zero-order valence-electron chi connectivity index (χ0n) is 11.9. The highest BCUT2D eigenvalue weighted by Crippen LogP contribution is 2.17. The molecule has 0 spiro atoms. The fraction of sp³-hybridized carbons (Fsp3) is 0.917. The van der Waals surface area contributed by atoms with Gasteiger partial charge in [0.1, 0.15) is 6.10 Å². The highest BCUT2D eigenvalue weighted by Gasteiger charge is 2.27. The van der Waals surface area contributed by atoms with Crippen LogP contribution in [-0.2, 0) is 19.6 Å². The maximum absolute atomic E-state index is 12.1. The fourth-order valence-electron chi connectivity index (χ4n) is 2.28. The summed E-state index contributed by atoms with van der Waals surface area (Å²) in [5.74, 6) is 0.173. The van der Waals surface area contributed by atoms with Crippen LogP contribution in [0.15, 0.2) is 0 Å². The molecule has 2 atom stereocenters. The highest BCUT2D eigenvalue weighted by atomic mass is 32.2. The monoisotopic (exact) mass is 292 g/mol. The van der Waals surface area contributed by atoms with E-state index >= 15 is 0 Å². The number of nitrogens with zero attached hydrogens (tertiary/aromatic N) is 1. The summed E-state index contributed by atoms with van der Waals surface area (Å²) in [6, 6.07) is 0. The van der Waals surface area contributed by atoms with Crippen LogP contribution < -0.4 is 4.72 Å². The summed E-state index contributed by atoms with van der Waals surface area (Å²) in [6.45, 7) is 5.85. The predicted octanol–water partition coefficient (Wildman–Crippen LogP) is 0.199. The van der Waals surface area contributed by atoms with Crippen molar-refractivity contribution in [1.82, 2.24) is 9.62 Å². The SMILES string of the molecule is CCOC(C)C(=O)N1CCCC(CNS(C)(=O)=O)C1. The van der Waals surface area contributed by atoms with Crippen LogP contribution in [0, 0.1) is 5.92 Å². The standard InChI is InChI=1S/C12H24N2O4S/c1-4-18-10(2)12(15)14-7-5-6-11(9-14)8-13-19(3,16)17/h10-11,13H,4-9H2,1-3H3. The summed E-state index contributed by atoms with van der Waals surface area (Å²) in [5.41, 5.74) is 0. The van der Waals surface area contributed by atoms with Gasteiger partial charge < -0.3 is 9.64 Å². The van der Waals surface area contributed by atoms with Gasteiger partial charge in [0.15, 0.2) is 0 Å². The first-order chi connectivity index (χ1) is 8.83. The molecule has 19 heavy (non-hydrogen) atoms. The molecule has 0 aromatic carbocycles. The molecule has 1 amide bonds. The lowest BCUT2D eigenvalue weighted by atomic mass is 9.98. The van der Waals surface area contributed by atoms with Crippen molar-refractivity contribution >= 4 is 15.9 Å². The van der Waals surface area contributed by atoms with Gasteiger partial charge in [-0.1, -0.05) is 0 Å². The van der Waals surface area contributed by atoms with Crippen molar-refractivity contribution in [3.8, 4) is 0 Å². The van der Waals surface area contributed by atoms with Crippen LogP contribution in [-0.4, -0.2) is 57.8 Å². The minimum atomic E-state index is -3.16. The number of nitrogens with one attached hydrogen (secondary N) is 1. The predicted molar refractivity (Wildman–Crippen MR) is 73.2 cm³/mol. The van der Waals surface area contributed by atoms with E-state index in [0.29, 0.717) is 19.7 Å². The molecule has 0 saturated carbocycles. The van der Waals surface area contributed by atoms with Gasteiger partial charge in [-0.05, 0) is 32.6 Å². The topological polar surface area (TPSA) is 75.7 Å². The number of hydrogen-bond acceptors (Lipinski definition) is 4. The Morgan fingerprint density at radius 3 is 2.79 bits per heavy atom. The Labute approximate surface area is 115 Å². The molecule has 0 aromatic rings. The van der Waals surface area contributed by atoms with Crippen molar-refractivity contribution in [2.24, 2.45) is 5.92 Å². The Morgan fingerprint density at radius 2 is 2.21 bits per heavy atom. The summed E-state index contributed by atoms with van der Waals surface area (Å²) >= 11 is 0. The van der Waals surface area contributed by atoms with Crippen molar-refractivity contribution in [3.05, 3.63) is 0 Å². The smallest absolute Gasteiger partial charge is 0.251 e. The molecule has 6 nitrogen and oxygen atoms in total. The van der Waals surface area contributed by atoms with E-state index in [0.717, 1.165) is 25.6 Å². The summed E-state index contributed by atoms with van der Waals surface area (Å²) in [4.78, 5) is 13.9. The largest absolute Gasteiger partial charge is 0.369 e. The number of rotatable bonds is 6. The Hall–Kier alpha value is -0.660. The number of amides is 1. The Bertz CT molecular complexity index is 397. The number of likely N-dealkylation sites (tertiary alicyclic amines) is 1. The van der Waals surface area contributed by atoms with Crippen LogP contribution in [0.5, 0.6) is 0 Å². The van der Waals surface area contributed by atoms with Gasteiger partial charge in [-0.3, -0.25) is 4.79 Å².